The lowest BCUT2D eigenvalue weighted by Crippen LogP contribution is -2.14. The Balaban J connectivity index is 1.31. The van der Waals surface area contributed by atoms with Gasteiger partial charge in [0.15, 0.2) is 5.78 Å². The maximum absolute atomic E-state index is 13.3. The minimum Gasteiger partial charge on any atom is -0.494 e. The average molecular weight is 488 g/mol. The number of H-pyrrole nitrogens is 1. The van der Waals surface area contributed by atoms with Gasteiger partial charge in [0, 0.05) is 16.0 Å². The number of ether oxygens (including phenoxy) is 1. The van der Waals surface area contributed by atoms with Crippen LogP contribution in [0, 0.1) is 0 Å². The summed E-state index contributed by atoms with van der Waals surface area (Å²) in [5, 5.41) is 15.6. The molecule has 5 rings (SSSR count). The van der Waals surface area contributed by atoms with Crippen LogP contribution in [0.5, 0.6) is 5.75 Å². The number of nitrogens with two attached hydrogens (primary N) is 1. The number of fused-ring (bicyclic) bond motifs is 1. The van der Waals surface area contributed by atoms with Crippen LogP contribution in [-0.4, -0.2) is 33.0 Å². The number of aryl methyl sites for hydroxylation is 1. The molecule has 0 radical (unpaired) electrons. The highest BCUT2D eigenvalue weighted by Crippen LogP contribution is 2.27. The average Bonchev–Trinajstić information content (AvgIpc) is 3.60. The summed E-state index contributed by atoms with van der Waals surface area (Å²) in [4.78, 5) is 27.7. The largest absolute Gasteiger partial charge is 0.494 e. The third-order valence-electron chi connectivity index (χ3n) is 5.53. The monoisotopic (exact) mass is 487 g/mol. The van der Waals surface area contributed by atoms with Crippen molar-refractivity contribution in [3.63, 3.8) is 0 Å². The molecule has 3 N–H and O–H groups in total. The predicted octanol–water partition coefficient (Wildman–Crippen LogP) is 4.25. The summed E-state index contributed by atoms with van der Waals surface area (Å²) in [6.45, 7) is 0.602. The number of aromatic nitrogens is 4. The lowest BCUT2D eigenvalue weighted by molar-refractivity contribution is 0.104. The van der Waals surface area contributed by atoms with E-state index in [1.165, 1.54) is 4.88 Å². The molecule has 0 bridgehead atoms. The highest BCUT2D eigenvalue weighted by atomic mass is 32.1. The Morgan fingerprint density at radius 2 is 1.94 bits per heavy atom. The zero-order valence-corrected chi connectivity index (χ0v) is 19.4. The molecule has 10 heteroatoms. The number of aromatic amines is 1. The standard InChI is InChI=1S/C25H21N5O4S/c26-21-23(32)20-18(7-3-8-19(20)34-24(21)25-27-29-30-28-25)22(31)15-9-11-16(12-10-15)33-13-2-1-5-17-6-4-14-35-17/h3-4,6-12,14H,1-2,5,13,26H2,(H,27,28,29,30). The molecule has 35 heavy (non-hydrogen) atoms. The fourth-order valence-corrected chi connectivity index (χ4v) is 4.52. The van der Waals surface area contributed by atoms with Crippen molar-refractivity contribution in [2.24, 2.45) is 0 Å². The number of tetrazole rings is 1. The lowest BCUT2D eigenvalue weighted by atomic mass is 9.98. The van der Waals surface area contributed by atoms with Crippen LogP contribution < -0.4 is 15.9 Å². The molecule has 0 aliphatic heterocycles. The third kappa shape index (κ3) is 4.69. The van der Waals surface area contributed by atoms with Gasteiger partial charge in [0.2, 0.25) is 17.0 Å². The van der Waals surface area contributed by atoms with Crippen molar-refractivity contribution in [3.8, 4) is 17.3 Å². The summed E-state index contributed by atoms with van der Waals surface area (Å²) in [7, 11) is 0. The Morgan fingerprint density at radius 3 is 2.69 bits per heavy atom. The maximum atomic E-state index is 13.3. The maximum Gasteiger partial charge on any atom is 0.242 e. The fourth-order valence-electron chi connectivity index (χ4n) is 3.77. The van der Waals surface area contributed by atoms with Gasteiger partial charge in [-0.15, -0.1) is 21.5 Å². The van der Waals surface area contributed by atoms with Crippen molar-refractivity contribution < 1.29 is 13.9 Å². The van der Waals surface area contributed by atoms with Crippen molar-refractivity contribution in [1.29, 1.82) is 0 Å². The summed E-state index contributed by atoms with van der Waals surface area (Å²) >= 11 is 1.77. The molecular weight excluding hydrogens is 466 g/mol. The van der Waals surface area contributed by atoms with Crippen molar-refractivity contribution in [3.05, 3.63) is 86.2 Å². The molecule has 176 valence electrons. The Kier molecular flexibility index (Phi) is 6.36. The minimum atomic E-state index is -0.530. The van der Waals surface area contributed by atoms with E-state index < -0.39 is 5.43 Å². The second-order valence-corrected chi connectivity index (χ2v) is 8.86. The number of anilines is 1. The molecular formula is C25H21N5O4S. The van der Waals surface area contributed by atoms with Gasteiger partial charge in [-0.05, 0) is 66.3 Å². The number of nitrogen functional groups attached to an aromatic ring is 1. The van der Waals surface area contributed by atoms with E-state index in [9.17, 15) is 9.59 Å². The Bertz CT molecular complexity index is 1510. The number of hydrogen-bond acceptors (Lipinski definition) is 9. The number of hydrogen-bond donors (Lipinski definition) is 2. The first kappa shape index (κ1) is 22.5. The van der Waals surface area contributed by atoms with Gasteiger partial charge < -0.3 is 14.9 Å². The first-order chi connectivity index (χ1) is 17.1. The molecule has 0 spiro atoms. The van der Waals surface area contributed by atoms with Crippen LogP contribution in [0.2, 0.25) is 0 Å². The summed E-state index contributed by atoms with van der Waals surface area (Å²) < 4.78 is 11.6. The highest BCUT2D eigenvalue weighted by Gasteiger charge is 2.21. The molecule has 0 atom stereocenters. The quantitative estimate of drug-likeness (QED) is 0.233. The third-order valence-corrected chi connectivity index (χ3v) is 6.47. The number of nitrogens with one attached hydrogen (secondary N) is 1. The Morgan fingerprint density at radius 1 is 1.09 bits per heavy atom. The van der Waals surface area contributed by atoms with E-state index in [0.717, 1.165) is 19.3 Å². The first-order valence-electron chi connectivity index (χ1n) is 11.0. The SMILES string of the molecule is Nc1c(-c2nn[nH]n2)oc2cccc(C(=O)c3ccc(OCCCCc4cccs4)cc3)c2c1=O. The molecule has 3 heterocycles. The molecule has 0 unspecified atom stereocenters. The number of ketones is 1. The normalized spacial score (nSPS) is 11.1. The summed E-state index contributed by atoms with van der Waals surface area (Å²) in [6, 6.07) is 15.9. The minimum absolute atomic E-state index is 0.00209. The van der Waals surface area contributed by atoms with E-state index in [-0.39, 0.29) is 39.6 Å². The fraction of sp³-hybridized carbons (Fsp3) is 0.160. The van der Waals surface area contributed by atoms with Crippen LogP contribution >= 0.6 is 11.3 Å². The number of rotatable bonds is 9. The van der Waals surface area contributed by atoms with Gasteiger partial charge in [0.25, 0.3) is 0 Å². The number of nitrogens with zero attached hydrogens (tertiary/aromatic N) is 3. The second-order valence-electron chi connectivity index (χ2n) is 7.83. The number of unbranched alkanes of at least 4 members (excludes halogenated alkanes) is 1. The molecule has 9 nitrogen and oxygen atoms in total. The van der Waals surface area contributed by atoms with Crippen LogP contribution in [0.1, 0.15) is 33.6 Å². The lowest BCUT2D eigenvalue weighted by Gasteiger charge is -2.09. The molecule has 0 aliphatic carbocycles. The van der Waals surface area contributed by atoms with Gasteiger partial charge in [-0.25, -0.2) is 0 Å². The zero-order chi connectivity index (χ0) is 24.2. The second kappa shape index (κ2) is 9.90. The zero-order valence-electron chi connectivity index (χ0n) is 18.6. The van der Waals surface area contributed by atoms with Crippen LogP contribution in [0.25, 0.3) is 22.6 Å². The summed E-state index contributed by atoms with van der Waals surface area (Å²) in [5.74, 6) is 0.416. The van der Waals surface area contributed by atoms with Crippen LogP contribution in [-0.2, 0) is 6.42 Å². The molecule has 0 amide bonds. The summed E-state index contributed by atoms with van der Waals surface area (Å²) in [5.41, 5.74) is 6.11. The van der Waals surface area contributed by atoms with E-state index in [0.29, 0.717) is 17.9 Å². The van der Waals surface area contributed by atoms with Crippen LogP contribution in [0.15, 0.2) is 69.2 Å². The number of thiophene rings is 1. The smallest absolute Gasteiger partial charge is 0.242 e. The molecule has 0 aliphatic rings. The van der Waals surface area contributed by atoms with Crippen molar-refractivity contribution in [2.45, 2.75) is 19.3 Å². The predicted molar refractivity (Wildman–Crippen MR) is 133 cm³/mol. The van der Waals surface area contributed by atoms with E-state index in [1.807, 2.05) is 0 Å². The van der Waals surface area contributed by atoms with Crippen LogP contribution in [0.4, 0.5) is 5.69 Å². The number of carbonyl (C=O) groups excluding carboxylic acids is 1. The van der Waals surface area contributed by atoms with Crippen molar-refractivity contribution >= 4 is 33.8 Å². The molecule has 0 fully saturated rings. The number of benzene rings is 2. The van der Waals surface area contributed by atoms with Crippen LogP contribution in [0.3, 0.4) is 0 Å². The first-order valence-corrected chi connectivity index (χ1v) is 11.9. The van der Waals surface area contributed by atoms with Crippen molar-refractivity contribution in [1.82, 2.24) is 20.6 Å². The van der Waals surface area contributed by atoms with E-state index >= 15 is 0 Å². The Hall–Kier alpha value is -4.31. The molecule has 0 saturated heterocycles. The highest BCUT2D eigenvalue weighted by molar-refractivity contribution is 7.09. The van der Waals surface area contributed by atoms with E-state index in [4.69, 9.17) is 14.9 Å². The van der Waals surface area contributed by atoms with Gasteiger partial charge in [0.05, 0.1) is 12.0 Å². The van der Waals surface area contributed by atoms with E-state index in [2.05, 4.69) is 38.1 Å². The van der Waals surface area contributed by atoms with E-state index in [1.54, 1.807) is 53.8 Å². The van der Waals surface area contributed by atoms with Gasteiger partial charge >= 0.3 is 0 Å². The topological polar surface area (TPSA) is 137 Å². The molecule has 3 aromatic heterocycles. The summed E-state index contributed by atoms with van der Waals surface area (Å²) in [6.07, 6.45) is 3.05. The Labute approximate surface area is 203 Å². The van der Waals surface area contributed by atoms with Gasteiger partial charge in [-0.3, -0.25) is 9.59 Å². The van der Waals surface area contributed by atoms with Gasteiger partial charge in [0.1, 0.15) is 17.0 Å². The number of carbonyl (C=O) groups is 1. The molecule has 2 aromatic carbocycles. The van der Waals surface area contributed by atoms with Gasteiger partial charge in [-0.2, -0.15) is 5.21 Å². The van der Waals surface area contributed by atoms with Crippen molar-refractivity contribution in [2.75, 3.05) is 12.3 Å². The molecule has 0 saturated carbocycles. The van der Waals surface area contributed by atoms with Gasteiger partial charge in [-0.1, -0.05) is 18.2 Å². The molecule has 5 aromatic rings.